The number of fused-ring (bicyclic) bond motifs is 7. The van der Waals surface area contributed by atoms with Crippen molar-refractivity contribution in [1.29, 1.82) is 0 Å². The molecule has 0 aliphatic carbocycles. The maximum atomic E-state index is 4.73. The number of nitrogens with zero attached hydrogens (tertiary/aromatic N) is 21. The van der Waals surface area contributed by atoms with E-state index < -0.39 is 0 Å². The van der Waals surface area contributed by atoms with Gasteiger partial charge in [-0.15, -0.1) is 18.7 Å². The average Bonchev–Trinajstić information content (AvgIpc) is 1.64. The molecule has 5 atom stereocenters. The molecular formula is C87H136N21+. The van der Waals surface area contributed by atoms with Gasteiger partial charge in [-0.3, -0.25) is 0 Å². The predicted octanol–water partition coefficient (Wildman–Crippen LogP) is 13.4. The first-order valence-electron chi connectivity index (χ1n) is 37.5. The summed E-state index contributed by atoms with van der Waals surface area (Å²) in [6, 6.07) is 44.8. The van der Waals surface area contributed by atoms with Gasteiger partial charge in [0.1, 0.15) is 17.1 Å². The van der Waals surface area contributed by atoms with Gasteiger partial charge in [-0.2, -0.15) is 0 Å². The van der Waals surface area contributed by atoms with Crippen LogP contribution >= 0.6 is 0 Å². The van der Waals surface area contributed by atoms with Crippen LogP contribution in [0.25, 0.3) is 17.1 Å². The van der Waals surface area contributed by atoms with Gasteiger partial charge in [0, 0.05) is 87.1 Å². The van der Waals surface area contributed by atoms with E-state index in [1.165, 1.54) is 104 Å². The molecule has 0 saturated heterocycles. The second kappa shape index (κ2) is 39.8. The zero-order valence-electron chi connectivity index (χ0n) is 69.0. The van der Waals surface area contributed by atoms with Gasteiger partial charge in [0.15, 0.2) is 0 Å². The second-order valence-electron chi connectivity index (χ2n) is 31.8. The monoisotopic (exact) mass is 1480 g/mol. The van der Waals surface area contributed by atoms with Crippen LogP contribution in [0.1, 0.15) is 211 Å². The normalized spacial score (nSPS) is 17.4. The zero-order chi connectivity index (χ0) is 71.0. The Kier molecular flexibility index (Phi) is 33.0. The van der Waals surface area contributed by atoms with Crippen LogP contribution in [0.3, 0.4) is 0 Å². The Morgan fingerprint density at radius 2 is 0.731 bits per heavy atom. The lowest BCUT2D eigenvalue weighted by Crippen LogP contribution is -2.43. The molecule has 0 N–H and O–H groups in total. The van der Waals surface area contributed by atoms with Gasteiger partial charge < -0.3 is 44.6 Å². The highest BCUT2D eigenvalue weighted by Crippen LogP contribution is 2.34. The summed E-state index contributed by atoms with van der Waals surface area (Å²) in [6.45, 7) is 25.3. The Labute approximate surface area is 650 Å². The molecule has 7 aliphatic heterocycles. The summed E-state index contributed by atoms with van der Waals surface area (Å²) < 4.78 is 29.7. The van der Waals surface area contributed by atoms with Gasteiger partial charge in [0.25, 0.3) is 40.8 Å². The molecule has 11 aromatic rings. The zero-order valence-corrected chi connectivity index (χ0v) is 69.0. The van der Waals surface area contributed by atoms with Gasteiger partial charge in [-0.1, -0.05) is 176 Å². The van der Waals surface area contributed by atoms with Gasteiger partial charge in [-0.25, -0.2) is 32.0 Å². The number of hydrogen-bond donors (Lipinski definition) is 0. The number of para-hydroxylation sites is 3. The highest BCUT2D eigenvalue weighted by atomic mass is 15.4. The van der Waals surface area contributed by atoms with E-state index in [9.17, 15) is 0 Å². The maximum absolute atomic E-state index is 4.73. The van der Waals surface area contributed by atoms with E-state index in [0.29, 0.717) is 41.0 Å². The lowest BCUT2D eigenvalue weighted by molar-refractivity contribution is -0.729. The van der Waals surface area contributed by atoms with E-state index in [0.717, 1.165) is 93.4 Å². The SMILES string of the molecule is C.CC(C)(C)C[C@H]1CCc2nn(-c3ccccc3)c[n+]21.CC(C)C[C@H]1CCc2nn(-c3ccccc3)c[n+]21.CC(C)[C@H]1CCc2nn(C)c[n+]21.Cn1c[n+]2c(n1)CCC2.Cn1c[n+]2c(n1)CCC2.Cn1c[n+]2c(n1)CC[C@@H]2C(C)(C)C.[CH3-].[CH3-].[CH3-].[CH3-].[CH3-].[CH3-].c1ccc(C[C@H]2CCc3nn(-c4ccccc4)c[n+]32)cc1. The number of rotatable bonds is 9. The molecule has 588 valence electrons. The molecule has 4 aromatic carbocycles. The molecule has 21 nitrogen and oxygen atoms in total. The Balaban J connectivity index is 0.000000228. The molecule has 0 spiro atoms. The fourth-order valence-electron chi connectivity index (χ4n) is 15.7. The van der Waals surface area contributed by atoms with Crippen LogP contribution in [0.5, 0.6) is 0 Å². The number of aromatic nitrogens is 21. The van der Waals surface area contributed by atoms with Crippen LogP contribution in [0.2, 0.25) is 0 Å². The van der Waals surface area contributed by atoms with Crippen molar-refractivity contribution in [2.45, 2.75) is 229 Å². The first-order valence-corrected chi connectivity index (χ1v) is 37.5. The summed E-state index contributed by atoms with van der Waals surface area (Å²) in [6.07, 6.45) is 34.9. The molecular weight excluding hydrogens is 1340 g/mol. The first kappa shape index (κ1) is 89.5. The molecule has 0 fully saturated rings. The van der Waals surface area contributed by atoms with Crippen molar-refractivity contribution < 1.29 is 32.0 Å². The summed E-state index contributed by atoms with van der Waals surface area (Å²) in [7, 11) is 7.91. The summed E-state index contributed by atoms with van der Waals surface area (Å²) in [4.78, 5) is 0. The van der Waals surface area contributed by atoms with Crippen molar-refractivity contribution in [2.75, 3.05) is 0 Å². The van der Waals surface area contributed by atoms with E-state index in [2.05, 4.69) is 244 Å². The summed E-state index contributed by atoms with van der Waals surface area (Å²) in [5.74, 6) is 10.1. The van der Waals surface area contributed by atoms with Crippen LogP contribution in [0.15, 0.2) is 166 Å². The van der Waals surface area contributed by atoms with E-state index in [1.54, 1.807) is 0 Å². The number of hydrogen-bond acceptors (Lipinski definition) is 7. The van der Waals surface area contributed by atoms with Crippen LogP contribution in [0.4, 0.5) is 0 Å². The van der Waals surface area contributed by atoms with Gasteiger partial charge >= 0.3 is 0 Å². The molecule has 18 rings (SSSR count). The molecule has 14 heterocycles. The van der Waals surface area contributed by atoms with Crippen LogP contribution in [-0.4, -0.2) is 68.5 Å². The first-order chi connectivity index (χ1) is 48.5. The Morgan fingerprint density at radius 1 is 0.380 bits per heavy atom. The molecule has 7 aliphatic rings. The lowest BCUT2D eigenvalue weighted by atomic mass is 9.85. The predicted molar refractivity (Wildman–Crippen MR) is 432 cm³/mol. The Morgan fingerprint density at radius 3 is 1.15 bits per heavy atom. The molecule has 0 bridgehead atoms. The highest BCUT2D eigenvalue weighted by molar-refractivity contribution is 5.31. The van der Waals surface area contributed by atoms with Gasteiger partial charge in [0.2, 0.25) is 44.3 Å². The smallest absolute Gasteiger partial charge is 0.278 e. The minimum Gasteiger partial charge on any atom is -0.358 e. The van der Waals surface area contributed by atoms with Crippen molar-refractivity contribution in [2.24, 2.45) is 50.9 Å². The Bertz CT molecular complexity index is 4320. The molecule has 21 heteroatoms. The van der Waals surface area contributed by atoms with E-state index in [4.69, 9.17) is 15.3 Å². The highest BCUT2D eigenvalue weighted by Gasteiger charge is 2.40. The van der Waals surface area contributed by atoms with Crippen molar-refractivity contribution in [3.8, 4) is 17.1 Å². The van der Waals surface area contributed by atoms with Crippen LogP contribution in [0, 0.1) is 67.2 Å². The number of aryl methyl sites for hydroxylation is 13. The molecule has 0 unspecified atom stereocenters. The summed E-state index contributed by atoms with van der Waals surface area (Å²) in [5, 5.41) is 31.5. The van der Waals surface area contributed by atoms with Crippen LogP contribution < -0.4 is 32.0 Å². The molecule has 7 aromatic heterocycles. The topological polar surface area (TPSA) is 152 Å². The second-order valence-corrected chi connectivity index (χ2v) is 31.8. The third-order valence-corrected chi connectivity index (χ3v) is 20.4. The summed E-state index contributed by atoms with van der Waals surface area (Å²) in [5.41, 5.74) is 5.52. The van der Waals surface area contributed by atoms with Crippen molar-refractivity contribution in [3.05, 3.63) is 257 Å². The minimum atomic E-state index is 0. The van der Waals surface area contributed by atoms with Crippen molar-refractivity contribution in [3.63, 3.8) is 0 Å². The molecule has 0 amide bonds. The maximum Gasteiger partial charge on any atom is 0.278 e. The summed E-state index contributed by atoms with van der Waals surface area (Å²) >= 11 is 0. The average molecular weight is 1480 g/mol. The molecule has 0 radical (unpaired) electrons. The molecule has 0 saturated carbocycles. The fraction of sp³-hybridized carbons (Fsp3) is 0.494. The van der Waals surface area contributed by atoms with Crippen molar-refractivity contribution in [1.82, 2.24) is 68.5 Å². The third kappa shape index (κ3) is 22.5. The van der Waals surface area contributed by atoms with E-state index in [1.807, 2.05) is 104 Å². The van der Waals surface area contributed by atoms with E-state index in [-0.39, 0.29) is 52.0 Å². The standard InChI is InChI=1S/C18H18N3.C16H22N3.C15H20N3.C10H18N3.C9H16N3.2C6H10N3.CH4.6CH3/c1-3-7-15(8-4-1)13-17-11-12-18-19-21(14-20(17)18)16-9-5-2-6-10-16;1-16(2,3)11-14-9-10-15-17-19(12-18(14)15)13-7-5-4-6-8-13;1-12(2)10-14-8-9-15-16-18(11-17(14)15)13-6-4-3-5-7-13;1-10(2,3)8-5-6-9-11-12(4)7-13(8)9;1-7(2)8-4-5-9-10-11(3)6-12(8)9;2*1-8-5-9-4-2-3-6(9)7-8;;;;;;;/h1-10,14,17H,11-13H2;4-8,12,14H,9-11H2,1-3H3;3-7,11-12,14H,8-10H2,1-2H3;7-8H,5-6H2,1-4H3;6-8H,4-5H2,1-3H3;2*5H,2-4H2,1H3;1H4;6*1H3/q7*+1;;6*-1/t17-;2*14-;2*8-;;;;;;;;;/m11111........./s1. The van der Waals surface area contributed by atoms with Gasteiger partial charge in [-0.05, 0) is 122 Å². The largest absolute Gasteiger partial charge is 0.358 e. The minimum absolute atomic E-state index is 0. The van der Waals surface area contributed by atoms with E-state index >= 15 is 0 Å². The molecule has 108 heavy (non-hydrogen) atoms. The fourth-order valence-corrected chi connectivity index (χ4v) is 15.7. The van der Waals surface area contributed by atoms with Crippen LogP contribution in [-0.2, 0) is 92.6 Å². The Hall–Kier alpha value is -9.14. The lowest BCUT2D eigenvalue weighted by Gasteiger charge is -2.24. The van der Waals surface area contributed by atoms with Gasteiger partial charge in [0.05, 0.1) is 71.5 Å². The third-order valence-electron chi connectivity index (χ3n) is 20.4. The number of benzene rings is 4. The van der Waals surface area contributed by atoms with Crippen molar-refractivity contribution >= 4 is 0 Å². The quantitative estimate of drug-likeness (QED) is 0.103.